The first-order chi connectivity index (χ1) is 20.7. The SMILES string of the molecule is CF.COc1ccc(-c2nc3cc(-c4cccc(C(F)F)c4)ccc3o2)cc1N(C)C(=O)c1cc(C(=O)O)ccc1C=O. The minimum Gasteiger partial charge on any atom is -0.495 e. The van der Waals surface area contributed by atoms with Crippen LogP contribution in [0.15, 0.2) is 83.3 Å². The number of oxazole rings is 1. The van der Waals surface area contributed by atoms with Crippen LogP contribution in [0.1, 0.15) is 43.1 Å². The Morgan fingerprint density at radius 1 is 0.953 bits per heavy atom. The van der Waals surface area contributed by atoms with E-state index in [1.165, 1.54) is 43.3 Å². The lowest BCUT2D eigenvalue weighted by atomic mass is 10.0. The summed E-state index contributed by atoms with van der Waals surface area (Å²) in [6, 6.07) is 19.9. The topological polar surface area (TPSA) is 110 Å². The summed E-state index contributed by atoms with van der Waals surface area (Å²) in [5, 5.41) is 9.35. The maximum atomic E-state index is 13.4. The van der Waals surface area contributed by atoms with Crippen LogP contribution in [0.4, 0.5) is 18.9 Å². The van der Waals surface area contributed by atoms with Crippen LogP contribution in [0.3, 0.4) is 0 Å². The minimum atomic E-state index is -2.59. The van der Waals surface area contributed by atoms with E-state index in [1.54, 1.807) is 48.5 Å². The molecule has 1 N–H and O–H groups in total. The van der Waals surface area contributed by atoms with Gasteiger partial charge in [-0.2, -0.15) is 0 Å². The van der Waals surface area contributed by atoms with Gasteiger partial charge in [-0.25, -0.2) is 18.6 Å². The van der Waals surface area contributed by atoms with Crippen molar-refractivity contribution < 1.29 is 41.8 Å². The van der Waals surface area contributed by atoms with E-state index < -0.39 is 18.3 Å². The van der Waals surface area contributed by atoms with Gasteiger partial charge in [0.2, 0.25) is 5.89 Å². The first-order valence-corrected chi connectivity index (χ1v) is 12.7. The number of fused-ring (bicyclic) bond motifs is 1. The van der Waals surface area contributed by atoms with Gasteiger partial charge in [0.25, 0.3) is 12.3 Å². The fourth-order valence-corrected chi connectivity index (χ4v) is 4.44. The summed E-state index contributed by atoms with van der Waals surface area (Å²) in [6.07, 6.45) is -2.10. The molecule has 5 rings (SSSR count). The number of rotatable bonds is 8. The molecule has 0 aliphatic heterocycles. The second kappa shape index (κ2) is 13.0. The Morgan fingerprint density at radius 2 is 1.67 bits per heavy atom. The van der Waals surface area contributed by atoms with Crippen molar-refractivity contribution in [2.45, 2.75) is 6.43 Å². The Morgan fingerprint density at radius 3 is 2.35 bits per heavy atom. The molecule has 1 amide bonds. The van der Waals surface area contributed by atoms with Gasteiger partial charge in [0.1, 0.15) is 11.3 Å². The molecule has 0 aliphatic rings. The van der Waals surface area contributed by atoms with E-state index >= 15 is 0 Å². The van der Waals surface area contributed by atoms with Gasteiger partial charge in [-0.15, -0.1) is 0 Å². The second-order valence-corrected chi connectivity index (χ2v) is 9.10. The quantitative estimate of drug-likeness (QED) is 0.187. The van der Waals surface area contributed by atoms with E-state index in [0.29, 0.717) is 52.7 Å². The van der Waals surface area contributed by atoms with Gasteiger partial charge in [0, 0.05) is 23.7 Å². The van der Waals surface area contributed by atoms with Gasteiger partial charge in [-0.05, 0) is 59.7 Å². The molecular formula is C32H25F3N2O6. The first kappa shape index (κ1) is 30.5. The molecule has 0 fully saturated rings. The summed E-state index contributed by atoms with van der Waals surface area (Å²) in [5.41, 5.74) is 2.84. The number of ether oxygens (including phenoxy) is 1. The van der Waals surface area contributed by atoms with Crippen LogP contribution < -0.4 is 9.64 Å². The third-order valence-corrected chi connectivity index (χ3v) is 6.61. The maximum absolute atomic E-state index is 13.4. The Hall–Kier alpha value is -5.45. The monoisotopic (exact) mass is 590 g/mol. The summed E-state index contributed by atoms with van der Waals surface area (Å²) < 4.78 is 47.3. The van der Waals surface area contributed by atoms with Crippen LogP contribution >= 0.6 is 0 Å². The standard InChI is InChI=1S/C31H22F2N2O6.CH3F/c1-35(30(37)23-13-21(31(38)39)6-7-22(23)16-36)25-15-20(9-11-27(25)40-2)29-34-24-14-18(8-10-26(24)41-29)17-4-3-5-19(12-17)28(32)33;1-2/h3-16,28H,1-2H3,(H,38,39);1H3. The number of carboxylic acids is 1. The third-order valence-electron chi connectivity index (χ3n) is 6.61. The van der Waals surface area contributed by atoms with E-state index in [2.05, 4.69) is 4.98 Å². The summed E-state index contributed by atoms with van der Waals surface area (Å²) >= 11 is 0. The number of hydrogen-bond acceptors (Lipinski definition) is 6. The fraction of sp³-hybridized carbons (Fsp3) is 0.125. The molecule has 0 spiro atoms. The number of aldehydes is 1. The summed E-state index contributed by atoms with van der Waals surface area (Å²) in [5.74, 6) is -1.29. The highest BCUT2D eigenvalue weighted by molar-refractivity contribution is 6.11. The fourth-order valence-electron chi connectivity index (χ4n) is 4.44. The van der Waals surface area contributed by atoms with E-state index in [9.17, 15) is 32.7 Å². The smallest absolute Gasteiger partial charge is 0.335 e. The molecule has 0 aliphatic carbocycles. The molecule has 1 heterocycles. The molecule has 8 nitrogen and oxygen atoms in total. The van der Waals surface area contributed by atoms with E-state index in [0.717, 1.165) is 6.07 Å². The van der Waals surface area contributed by atoms with E-state index in [4.69, 9.17) is 9.15 Å². The average Bonchev–Trinajstić information content (AvgIpc) is 3.48. The number of aromatic carboxylic acids is 1. The number of aromatic nitrogens is 1. The van der Waals surface area contributed by atoms with Crippen molar-refractivity contribution in [1.29, 1.82) is 0 Å². The van der Waals surface area contributed by atoms with Crippen molar-refractivity contribution in [2.24, 2.45) is 0 Å². The summed E-state index contributed by atoms with van der Waals surface area (Å²) in [7, 11) is 3.40. The van der Waals surface area contributed by atoms with E-state index in [1.807, 2.05) is 0 Å². The zero-order valence-electron chi connectivity index (χ0n) is 23.2. The lowest BCUT2D eigenvalue weighted by Crippen LogP contribution is -2.28. The molecule has 11 heteroatoms. The lowest BCUT2D eigenvalue weighted by molar-refractivity contribution is 0.0696. The maximum Gasteiger partial charge on any atom is 0.335 e. The molecule has 4 aromatic carbocycles. The van der Waals surface area contributed by atoms with Crippen molar-refractivity contribution in [3.63, 3.8) is 0 Å². The number of methoxy groups -OCH3 is 1. The van der Waals surface area contributed by atoms with Crippen molar-refractivity contribution in [3.8, 4) is 28.3 Å². The highest BCUT2D eigenvalue weighted by Gasteiger charge is 2.23. The first-order valence-electron chi connectivity index (χ1n) is 12.7. The normalized spacial score (nSPS) is 10.7. The van der Waals surface area contributed by atoms with Crippen LogP contribution in [-0.2, 0) is 0 Å². The van der Waals surface area contributed by atoms with Gasteiger partial charge in [-0.3, -0.25) is 14.0 Å². The lowest BCUT2D eigenvalue weighted by Gasteiger charge is -2.21. The highest BCUT2D eigenvalue weighted by atomic mass is 19.3. The molecule has 220 valence electrons. The highest BCUT2D eigenvalue weighted by Crippen LogP contribution is 2.36. The molecule has 0 bridgehead atoms. The molecule has 5 aromatic rings. The number of hydrogen-bond donors (Lipinski definition) is 1. The van der Waals surface area contributed by atoms with Crippen LogP contribution in [0.25, 0.3) is 33.7 Å². The van der Waals surface area contributed by atoms with Gasteiger partial charge in [0.05, 0.1) is 31.1 Å². The number of alkyl halides is 3. The number of amides is 1. The number of carbonyl (C=O) groups is 3. The predicted molar refractivity (Wildman–Crippen MR) is 155 cm³/mol. The van der Waals surface area contributed by atoms with Crippen molar-refractivity contribution in [3.05, 3.63) is 101 Å². The van der Waals surface area contributed by atoms with Crippen LogP contribution in [-0.4, -0.2) is 49.6 Å². The van der Waals surface area contributed by atoms with Crippen LogP contribution in [0.5, 0.6) is 5.75 Å². The predicted octanol–water partition coefficient (Wildman–Crippen LogP) is 7.48. The number of benzene rings is 4. The molecule has 0 saturated carbocycles. The Labute approximate surface area is 244 Å². The summed E-state index contributed by atoms with van der Waals surface area (Å²) in [6.45, 7) is 0. The zero-order valence-corrected chi connectivity index (χ0v) is 23.2. The van der Waals surface area contributed by atoms with Gasteiger partial charge in [0.15, 0.2) is 11.9 Å². The number of anilines is 1. The third kappa shape index (κ3) is 6.25. The second-order valence-electron chi connectivity index (χ2n) is 9.10. The number of carbonyl (C=O) groups excluding carboxylic acids is 2. The largest absolute Gasteiger partial charge is 0.495 e. The minimum absolute atomic E-state index is 0.0378. The number of nitrogens with zero attached hydrogens (tertiary/aromatic N) is 2. The Balaban J connectivity index is 0.00000207. The Kier molecular flexibility index (Phi) is 9.24. The van der Waals surface area contributed by atoms with Gasteiger partial charge >= 0.3 is 5.97 Å². The molecule has 0 radical (unpaired) electrons. The van der Waals surface area contributed by atoms with Crippen molar-refractivity contribution >= 4 is 34.9 Å². The van der Waals surface area contributed by atoms with Crippen LogP contribution in [0, 0.1) is 0 Å². The zero-order chi connectivity index (χ0) is 31.3. The van der Waals surface area contributed by atoms with Gasteiger partial charge < -0.3 is 19.2 Å². The van der Waals surface area contributed by atoms with Gasteiger partial charge in [-0.1, -0.05) is 30.3 Å². The molecule has 43 heavy (non-hydrogen) atoms. The molecule has 1 aromatic heterocycles. The number of carboxylic acid groups (broad SMARTS) is 1. The molecule has 0 saturated heterocycles. The molecule has 0 unspecified atom stereocenters. The average molecular weight is 591 g/mol. The van der Waals surface area contributed by atoms with Crippen LogP contribution in [0.2, 0.25) is 0 Å². The van der Waals surface area contributed by atoms with Crippen molar-refractivity contribution in [1.82, 2.24) is 4.98 Å². The number of halogens is 3. The van der Waals surface area contributed by atoms with Crippen molar-refractivity contribution in [2.75, 3.05) is 26.2 Å². The molecule has 0 atom stereocenters. The van der Waals surface area contributed by atoms with E-state index in [-0.39, 0.29) is 28.1 Å². The summed E-state index contributed by atoms with van der Waals surface area (Å²) in [4.78, 5) is 42.3. The Bertz CT molecular complexity index is 1820. The molecular weight excluding hydrogens is 565 g/mol.